The van der Waals surface area contributed by atoms with E-state index in [1.165, 1.54) is 14.2 Å². The summed E-state index contributed by atoms with van der Waals surface area (Å²) in [7, 11) is 2.44. The van der Waals surface area contributed by atoms with Crippen LogP contribution in [0.2, 0.25) is 0 Å². The Hall–Kier alpha value is -3.17. The van der Waals surface area contributed by atoms with Crippen molar-refractivity contribution in [2.45, 2.75) is 20.3 Å². The molecule has 10 nitrogen and oxygen atoms in total. The van der Waals surface area contributed by atoms with Crippen molar-refractivity contribution < 1.29 is 38.3 Å². The molecular weight excluding hydrogens is 350 g/mol. The molecule has 1 aromatic carbocycles. The predicted molar refractivity (Wildman–Crippen MR) is 87.0 cm³/mol. The first kappa shape index (κ1) is 20.9. The smallest absolute Gasteiger partial charge is 0.346 e. The molecule has 0 saturated heterocycles. The Kier molecular flexibility index (Phi) is 7.51. The molecule has 0 saturated carbocycles. The second kappa shape index (κ2) is 9.35. The van der Waals surface area contributed by atoms with Crippen LogP contribution in [0.1, 0.15) is 30.6 Å². The molecule has 0 radical (unpaired) electrons. The van der Waals surface area contributed by atoms with Crippen molar-refractivity contribution in [3.63, 3.8) is 0 Å². The molecule has 1 aromatic rings. The molecule has 0 N–H and O–H groups in total. The minimum Gasteiger partial charge on any atom is -0.493 e. The molecule has 0 heterocycles. The van der Waals surface area contributed by atoms with Gasteiger partial charge in [-0.25, -0.2) is 4.79 Å². The number of nitrogens with zero attached hydrogens (tertiary/aromatic N) is 1. The number of benzene rings is 1. The second-order valence-electron chi connectivity index (χ2n) is 4.91. The van der Waals surface area contributed by atoms with Crippen molar-refractivity contribution in [3.8, 4) is 11.5 Å². The summed E-state index contributed by atoms with van der Waals surface area (Å²) in [6, 6.07) is 2.02. The number of carbonyl (C=O) groups excluding carboxylic acids is 3. The van der Waals surface area contributed by atoms with E-state index in [9.17, 15) is 24.5 Å². The summed E-state index contributed by atoms with van der Waals surface area (Å²) < 4.78 is 19.3. The average molecular weight is 369 g/mol. The van der Waals surface area contributed by atoms with Crippen LogP contribution in [0.4, 0.5) is 5.69 Å². The molecule has 26 heavy (non-hydrogen) atoms. The van der Waals surface area contributed by atoms with E-state index < -0.39 is 34.4 Å². The molecule has 0 fully saturated rings. The van der Waals surface area contributed by atoms with E-state index in [-0.39, 0.29) is 30.1 Å². The van der Waals surface area contributed by atoms with Crippen LogP contribution in [0, 0.1) is 16.0 Å². The van der Waals surface area contributed by atoms with Gasteiger partial charge in [0.2, 0.25) is 5.75 Å². The Labute approximate surface area is 149 Å². The van der Waals surface area contributed by atoms with Crippen LogP contribution >= 0.6 is 0 Å². The number of nitro benzene ring substituents is 1. The van der Waals surface area contributed by atoms with Gasteiger partial charge in [0, 0.05) is 6.07 Å². The number of hydrogen-bond acceptors (Lipinski definition) is 9. The van der Waals surface area contributed by atoms with Crippen LogP contribution in [0.25, 0.3) is 0 Å². The number of methoxy groups -OCH3 is 2. The summed E-state index contributed by atoms with van der Waals surface area (Å²) in [5.74, 6) is -4.62. The highest BCUT2D eigenvalue weighted by atomic mass is 16.6. The average Bonchev–Trinajstić information content (AvgIpc) is 2.60. The number of ether oxygens (including phenoxy) is 4. The van der Waals surface area contributed by atoms with E-state index >= 15 is 0 Å². The quantitative estimate of drug-likeness (QED) is 0.291. The minimum atomic E-state index is -1.27. The second-order valence-corrected chi connectivity index (χ2v) is 4.91. The lowest BCUT2D eigenvalue weighted by Gasteiger charge is -2.13. The van der Waals surface area contributed by atoms with Gasteiger partial charge in [-0.05, 0) is 19.4 Å². The Morgan fingerprint density at radius 1 is 1.12 bits per heavy atom. The zero-order valence-electron chi connectivity index (χ0n) is 14.8. The monoisotopic (exact) mass is 369 g/mol. The molecule has 0 aliphatic carbocycles. The minimum absolute atomic E-state index is 0.0665. The molecule has 142 valence electrons. The van der Waals surface area contributed by atoms with E-state index in [1.54, 1.807) is 13.8 Å². The molecule has 10 heteroatoms. The van der Waals surface area contributed by atoms with Crippen LogP contribution in [-0.2, 0) is 19.1 Å². The molecule has 0 spiro atoms. The summed E-state index contributed by atoms with van der Waals surface area (Å²) in [6.45, 7) is 3.19. The Balaban J connectivity index is 3.13. The highest BCUT2D eigenvalue weighted by molar-refractivity contribution is 6.03. The fraction of sp³-hybridized carbons (Fsp3) is 0.438. The summed E-state index contributed by atoms with van der Waals surface area (Å²) in [5, 5.41) is 11.2. The largest absolute Gasteiger partial charge is 0.493 e. The van der Waals surface area contributed by atoms with Gasteiger partial charge in [-0.2, -0.15) is 0 Å². The highest BCUT2D eigenvalue weighted by Gasteiger charge is 2.31. The van der Waals surface area contributed by atoms with E-state index in [4.69, 9.17) is 14.2 Å². The maximum Gasteiger partial charge on any atom is 0.346 e. The molecule has 0 bridgehead atoms. The van der Waals surface area contributed by atoms with Gasteiger partial charge in [0.15, 0.2) is 11.7 Å². The van der Waals surface area contributed by atoms with Crippen molar-refractivity contribution in [2.75, 3.05) is 20.8 Å². The van der Waals surface area contributed by atoms with E-state index in [0.717, 1.165) is 12.1 Å². The lowest BCUT2D eigenvalue weighted by Crippen LogP contribution is -2.29. The number of esters is 3. The number of carbonyl (C=O) groups is 3. The van der Waals surface area contributed by atoms with Crippen molar-refractivity contribution in [1.29, 1.82) is 0 Å². The van der Waals surface area contributed by atoms with Gasteiger partial charge in [-0.15, -0.1) is 0 Å². The molecule has 0 amide bonds. The van der Waals surface area contributed by atoms with E-state index in [2.05, 4.69) is 4.74 Å². The van der Waals surface area contributed by atoms with E-state index in [1.807, 2.05) is 0 Å². The van der Waals surface area contributed by atoms with Gasteiger partial charge >= 0.3 is 23.6 Å². The Bertz CT molecular complexity index is 714. The van der Waals surface area contributed by atoms with Crippen LogP contribution in [0.3, 0.4) is 0 Å². The fourth-order valence-electron chi connectivity index (χ4n) is 2.09. The van der Waals surface area contributed by atoms with Crippen LogP contribution in [0.5, 0.6) is 11.5 Å². The topological polar surface area (TPSA) is 131 Å². The van der Waals surface area contributed by atoms with Gasteiger partial charge in [0.25, 0.3) is 0 Å². The predicted octanol–water partition coefficient (Wildman–Crippen LogP) is 1.88. The number of nitro groups is 1. The number of rotatable bonds is 8. The summed E-state index contributed by atoms with van der Waals surface area (Å²) in [6.07, 6.45) is 0.0665. The highest BCUT2D eigenvalue weighted by Crippen LogP contribution is 2.38. The lowest BCUT2D eigenvalue weighted by molar-refractivity contribution is -0.385. The third-order valence-corrected chi connectivity index (χ3v) is 3.35. The first-order chi connectivity index (χ1) is 12.3. The Morgan fingerprint density at radius 2 is 1.77 bits per heavy atom. The fourth-order valence-corrected chi connectivity index (χ4v) is 2.09. The van der Waals surface area contributed by atoms with Crippen molar-refractivity contribution in [1.82, 2.24) is 0 Å². The lowest BCUT2D eigenvalue weighted by atomic mass is 10.1. The maximum absolute atomic E-state index is 12.2. The molecule has 1 unspecified atom stereocenters. The van der Waals surface area contributed by atoms with Gasteiger partial charge < -0.3 is 18.9 Å². The molecule has 1 atom stereocenters. The van der Waals surface area contributed by atoms with Gasteiger partial charge in [0.1, 0.15) is 0 Å². The van der Waals surface area contributed by atoms with Crippen molar-refractivity contribution >= 4 is 23.6 Å². The van der Waals surface area contributed by atoms with Crippen LogP contribution < -0.4 is 9.47 Å². The van der Waals surface area contributed by atoms with Crippen molar-refractivity contribution in [2.24, 2.45) is 5.92 Å². The first-order valence-corrected chi connectivity index (χ1v) is 7.63. The third-order valence-electron chi connectivity index (χ3n) is 3.35. The molecule has 0 aromatic heterocycles. The van der Waals surface area contributed by atoms with Crippen molar-refractivity contribution in [3.05, 3.63) is 27.8 Å². The Morgan fingerprint density at radius 3 is 2.23 bits per heavy atom. The zero-order valence-corrected chi connectivity index (χ0v) is 14.8. The molecule has 0 aliphatic heterocycles. The normalized spacial score (nSPS) is 11.2. The van der Waals surface area contributed by atoms with Crippen LogP contribution in [-0.4, -0.2) is 43.7 Å². The van der Waals surface area contributed by atoms with Gasteiger partial charge in [-0.1, -0.05) is 6.92 Å². The van der Waals surface area contributed by atoms with E-state index in [0.29, 0.717) is 0 Å². The first-order valence-electron chi connectivity index (χ1n) is 7.63. The standard InChI is InChI=1S/C16H19NO9/c1-5-10(15(19)25-6-2)16(20)26-14(18)9-7-11(17(21)22)13(24-4)12(8-9)23-3/h7-8,10H,5-6H2,1-4H3. The van der Waals surface area contributed by atoms with Crippen LogP contribution in [0.15, 0.2) is 12.1 Å². The van der Waals surface area contributed by atoms with Gasteiger partial charge in [-0.3, -0.25) is 19.7 Å². The molecule has 0 aliphatic rings. The molecule has 1 rings (SSSR count). The molecular formula is C16H19NO9. The summed E-state index contributed by atoms with van der Waals surface area (Å²) >= 11 is 0. The third kappa shape index (κ3) is 4.68. The maximum atomic E-state index is 12.2. The summed E-state index contributed by atoms with van der Waals surface area (Å²) in [4.78, 5) is 46.3. The zero-order chi connectivity index (χ0) is 19.9. The summed E-state index contributed by atoms with van der Waals surface area (Å²) in [5.41, 5.74) is -0.843. The number of hydrogen-bond donors (Lipinski definition) is 0. The van der Waals surface area contributed by atoms with Gasteiger partial charge in [0.05, 0.1) is 31.3 Å². The SMILES string of the molecule is CCOC(=O)C(CC)C(=O)OC(=O)c1cc(OC)c(OC)c([N+](=O)[O-])c1.